The third kappa shape index (κ3) is 2.26. The highest BCUT2D eigenvalue weighted by Gasteiger charge is 2.29. The maximum atomic E-state index is 6.23. The zero-order chi connectivity index (χ0) is 11.5. The second-order valence-electron chi connectivity index (χ2n) is 5.07. The molecular weight excluding hydrogens is 200 g/mol. The Balaban J connectivity index is 2.17. The van der Waals surface area contributed by atoms with E-state index in [0.717, 1.165) is 25.3 Å². The van der Waals surface area contributed by atoms with Crippen molar-refractivity contribution in [2.45, 2.75) is 58.0 Å². The van der Waals surface area contributed by atoms with Gasteiger partial charge in [-0.1, -0.05) is 19.1 Å². The first-order valence-electron chi connectivity index (χ1n) is 6.36. The van der Waals surface area contributed by atoms with Gasteiger partial charge in [0.25, 0.3) is 0 Å². The molecule has 1 aliphatic carbocycles. The lowest BCUT2D eigenvalue weighted by molar-refractivity contribution is 0.294. The molecule has 1 aromatic heterocycles. The Labute approximate surface area is 97.2 Å². The largest absolute Gasteiger partial charge is 0.327 e. The standard InChI is InChI=1S/C12H22N4/c1-3-6-16-12(8-14-15-16)10-7-9(2)4-5-11(10)13/h8-11H,3-7,13H2,1-2H3. The van der Waals surface area contributed by atoms with Crippen molar-refractivity contribution < 1.29 is 0 Å². The average molecular weight is 222 g/mol. The molecule has 1 heterocycles. The quantitative estimate of drug-likeness (QED) is 0.850. The van der Waals surface area contributed by atoms with E-state index in [0.29, 0.717) is 5.92 Å². The van der Waals surface area contributed by atoms with Gasteiger partial charge in [-0.15, -0.1) is 5.10 Å². The van der Waals surface area contributed by atoms with Crippen LogP contribution < -0.4 is 5.73 Å². The normalized spacial score (nSPS) is 30.6. The van der Waals surface area contributed by atoms with Crippen molar-refractivity contribution in [1.82, 2.24) is 15.0 Å². The Kier molecular flexibility index (Phi) is 3.59. The monoisotopic (exact) mass is 222 g/mol. The number of nitrogens with two attached hydrogens (primary N) is 1. The summed E-state index contributed by atoms with van der Waals surface area (Å²) in [5.41, 5.74) is 7.47. The summed E-state index contributed by atoms with van der Waals surface area (Å²) in [5, 5.41) is 8.18. The predicted molar refractivity (Wildman–Crippen MR) is 64.0 cm³/mol. The van der Waals surface area contributed by atoms with Gasteiger partial charge in [-0.2, -0.15) is 0 Å². The van der Waals surface area contributed by atoms with Gasteiger partial charge in [-0.05, 0) is 31.6 Å². The van der Waals surface area contributed by atoms with E-state index in [4.69, 9.17) is 5.73 Å². The van der Waals surface area contributed by atoms with Gasteiger partial charge in [0.2, 0.25) is 0 Å². The zero-order valence-electron chi connectivity index (χ0n) is 10.3. The number of rotatable bonds is 3. The number of hydrogen-bond donors (Lipinski definition) is 1. The number of hydrogen-bond acceptors (Lipinski definition) is 3. The first kappa shape index (κ1) is 11.6. The molecule has 2 N–H and O–H groups in total. The summed E-state index contributed by atoms with van der Waals surface area (Å²) in [7, 11) is 0. The summed E-state index contributed by atoms with van der Waals surface area (Å²) < 4.78 is 2.03. The molecule has 90 valence electrons. The minimum Gasteiger partial charge on any atom is -0.327 e. The number of nitrogens with zero attached hydrogens (tertiary/aromatic N) is 3. The van der Waals surface area contributed by atoms with E-state index in [-0.39, 0.29) is 6.04 Å². The zero-order valence-corrected chi connectivity index (χ0v) is 10.3. The first-order valence-corrected chi connectivity index (χ1v) is 6.36. The van der Waals surface area contributed by atoms with Crippen molar-refractivity contribution >= 4 is 0 Å². The van der Waals surface area contributed by atoms with Crippen molar-refractivity contribution in [2.75, 3.05) is 0 Å². The molecule has 1 aliphatic rings. The SMILES string of the molecule is CCCn1nncc1C1CC(C)CCC1N. The van der Waals surface area contributed by atoms with Gasteiger partial charge in [-0.3, -0.25) is 0 Å². The van der Waals surface area contributed by atoms with Gasteiger partial charge in [0.1, 0.15) is 0 Å². The lowest BCUT2D eigenvalue weighted by Gasteiger charge is -2.32. The van der Waals surface area contributed by atoms with Gasteiger partial charge >= 0.3 is 0 Å². The van der Waals surface area contributed by atoms with Crippen molar-refractivity contribution in [1.29, 1.82) is 0 Å². The van der Waals surface area contributed by atoms with Crippen LogP contribution in [0.5, 0.6) is 0 Å². The fourth-order valence-corrected chi connectivity index (χ4v) is 2.68. The number of aromatic nitrogens is 3. The molecule has 1 aromatic rings. The van der Waals surface area contributed by atoms with Gasteiger partial charge < -0.3 is 5.73 Å². The van der Waals surface area contributed by atoms with Gasteiger partial charge in [0.15, 0.2) is 0 Å². The molecule has 0 bridgehead atoms. The van der Waals surface area contributed by atoms with Crippen LogP contribution in [-0.4, -0.2) is 21.0 Å². The highest BCUT2D eigenvalue weighted by molar-refractivity contribution is 5.09. The van der Waals surface area contributed by atoms with Crippen LogP contribution in [0, 0.1) is 5.92 Å². The van der Waals surface area contributed by atoms with E-state index >= 15 is 0 Å². The topological polar surface area (TPSA) is 56.7 Å². The summed E-state index contributed by atoms with van der Waals surface area (Å²) in [5.74, 6) is 1.22. The van der Waals surface area contributed by atoms with Crippen molar-refractivity contribution in [2.24, 2.45) is 11.7 Å². The van der Waals surface area contributed by atoms with Crippen LogP contribution in [0.4, 0.5) is 0 Å². The average Bonchev–Trinajstić information content (AvgIpc) is 2.70. The Morgan fingerprint density at radius 3 is 3.06 bits per heavy atom. The minimum absolute atomic E-state index is 0.283. The second-order valence-corrected chi connectivity index (χ2v) is 5.07. The molecule has 0 saturated heterocycles. The van der Waals surface area contributed by atoms with Gasteiger partial charge in [0, 0.05) is 18.5 Å². The molecule has 0 amide bonds. The van der Waals surface area contributed by atoms with Crippen molar-refractivity contribution in [3.05, 3.63) is 11.9 Å². The van der Waals surface area contributed by atoms with Crippen LogP contribution in [0.25, 0.3) is 0 Å². The van der Waals surface area contributed by atoms with Crippen LogP contribution in [0.2, 0.25) is 0 Å². The van der Waals surface area contributed by atoms with E-state index in [1.807, 2.05) is 10.9 Å². The molecular formula is C12H22N4. The predicted octanol–water partition coefficient (Wildman–Crippen LogP) is 1.92. The summed E-state index contributed by atoms with van der Waals surface area (Å²) in [6.45, 7) is 5.43. The van der Waals surface area contributed by atoms with E-state index in [1.54, 1.807) is 0 Å². The molecule has 2 rings (SSSR count). The highest BCUT2D eigenvalue weighted by atomic mass is 15.4. The summed E-state index contributed by atoms with van der Waals surface area (Å²) in [6.07, 6.45) is 6.56. The van der Waals surface area contributed by atoms with Gasteiger partial charge in [-0.25, -0.2) is 4.68 Å². The highest BCUT2D eigenvalue weighted by Crippen LogP contribution is 2.34. The van der Waals surface area contributed by atoms with Crippen LogP contribution in [-0.2, 0) is 6.54 Å². The molecule has 4 heteroatoms. The molecule has 0 radical (unpaired) electrons. The van der Waals surface area contributed by atoms with Crippen LogP contribution in [0.15, 0.2) is 6.20 Å². The lowest BCUT2D eigenvalue weighted by Crippen LogP contribution is -2.35. The summed E-state index contributed by atoms with van der Waals surface area (Å²) >= 11 is 0. The minimum atomic E-state index is 0.283. The van der Waals surface area contributed by atoms with E-state index in [9.17, 15) is 0 Å². The summed E-state index contributed by atoms with van der Waals surface area (Å²) in [4.78, 5) is 0. The molecule has 1 saturated carbocycles. The van der Waals surface area contributed by atoms with E-state index < -0.39 is 0 Å². The van der Waals surface area contributed by atoms with Crippen molar-refractivity contribution in [3.63, 3.8) is 0 Å². The molecule has 0 aliphatic heterocycles. The third-order valence-electron chi connectivity index (χ3n) is 3.63. The van der Waals surface area contributed by atoms with E-state index in [1.165, 1.54) is 18.5 Å². The van der Waals surface area contributed by atoms with Crippen LogP contribution >= 0.6 is 0 Å². The van der Waals surface area contributed by atoms with Gasteiger partial charge in [0.05, 0.1) is 11.9 Å². The Bertz CT molecular complexity index is 334. The lowest BCUT2D eigenvalue weighted by atomic mass is 9.78. The molecule has 0 spiro atoms. The fraction of sp³-hybridized carbons (Fsp3) is 0.833. The molecule has 3 unspecified atom stereocenters. The smallest absolute Gasteiger partial charge is 0.0728 e. The van der Waals surface area contributed by atoms with Crippen LogP contribution in [0.3, 0.4) is 0 Å². The fourth-order valence-electron chi connectivity index (χ4n) is 2.68. The Hall–Kier alpha value is -0.900. The maximum Gasteiger partial charge on any atom is 0.0728 e. The molecule has 3 atom stereocenters. The second kappa shape index (κ2) is 4.95. The maximum absolute atomic E-state index is 6.23. The Morgan fingerprint density at radius 2 is 2.31 bits per heavy atom. The summed E-state index contributed by atoms with van der Waals surface area (Å²) in [6, 6.07) is 0.283. The molecule has 0 aromatic carbocycles. The first-order chi connectivity index (χ1) is 7.72. The Morgan fingerprint density at radius 1 is 1.50 bits per heavy atom. The third-order valence-corrected chi connectivity index (χ3v) is 3.63. The number of aryl methyl sites for hydroxylation is 1. The van der Waals surface area contributed by atoms with Crippen LogP contribution in [0.1, 0.15) is 51.1 Å². The molecule has 1 fully saturated rings. The van der Waals surface area contributed by atoms with Crippen molar-refractivity contribution in [3.8, 4) is 0 Å². The molecule has 4 nitrogen and oxygen atoms in total. The molecule has 16 heavy (non-hydrogen) atoms. The van der Waals surface area contributed by atoms with E-state index in [2.05, 4.69) is 24.2 Å².